The molecule has 7 heteroatoms. The quantitative estimate of drug-likeness (QED) is 0.457. The number of carbonyl (C=O) groups is 3. The maximum Gasteiger partial charge on any atom is 0.332 e. The van der Waals surface area contributed by atoms with Crippen molar-refractivity contribution in [1.82, 2.24) is 5.32 Å². The molecule has 0 saturated carbocycles. The summed E-state index contributed by atoms with van der Waals surface area (Å²) in [5.41, 5.74) is 0. The number of carbonyl (C=O) groups excluding carboxylic acids is 3. The van der Waals surface area contributed by atoms with E-state index in [0.717, 1.165) is 5.75 Å². The van der Waals surface area contributed by atoms with Gasteiger partial charge >= 0.3 is 5.97 Å². The van der Waals surface area contributed by atoms with Crippen LogP contribution in [0, 0.1) is 0 Å². The fraction of sp³-hybridized carbons (Fsp3) is 0.727. The summed E-state index contributed by atoms with van der Waals surface area (Å²) in [7, 11) is -0.679. The topological polar surface area (TPSA) is 81.7 Å². The molecule has 0 aromatic rings. The largest absolute Gasteiger partial charge is 0.463 e. The summed E-state index contributed by atoms with van der Waals surface area (Å²) in [5.74, 6) is -0.0747. The van der Waals surface area contributed by atoms with E-state index in [1.54, 1.807) is 0 Å². The van der Waals surface area contributed by atoms with E-state index in [2.05, 4.69) is 24.1 Å². The van der Waals surface area contributed by atoms with Crippen molar-refractivity contribution < 1.29 is 23.9 Å². The zero-order chi connectivity index (χ0) is 14.0. The second-order valence-electron chi connectivity index (χ2n) is 4.48. The molecule has 1 amide bonds. The van der Waals surface area contributed by atoms with Crippen molar-refractivity contribution in [3.8, 4) is 0 Å². The molecule has 0 aromatic carbocycles. The molecule has 0 atom stereocenters. The van der Waals surface area contributed by atoms with Crippen LogP contribution in [0.3, 0.4) is 0 Å². The molecule has 0 aromatic heterocycles. The lowest BCUT2D eigenvalue weighted by molar-refractivity contribution is -0.149. The van der Waals surface area contributed by atoms with Crippen LogP contribution in [0.1, 0.15) is 0 Å². The van der Waals surface area contributed by atoms with E-state index in [1.807, 2.05) is 0 Å². The van der Waals surface area contributed by atoms with Gasteiger partial charge in [-0.05, 0) is 18.8 Å². The molecule has 1 N–H and O–H groups in total. The molecule has 0 aliphatic rings. The third-order valence-corrected chi connectivity index (χ3v) is 3.19. The van der Waals surface area contributed by atoms with Crippen LogP contribution in [0.15, 0.2) is 0 Å². The predicted octanol–water partition coefficient (Wildman–Crippen LogP) is -0.445. The van der Waals surface area contributed by atoms with Crippen molar-refractivity contribution in [1.29, 1.82) is 0 Å². The standard InChI is InChI=1S/C11H21NO5S/c1-18(2,3)7-6-17-11(15)9-16-8-10(14)12-4-5-13/h5H,4,6-9H2,1-3H3,(H,12,14). The van der Waals surface area contributed by atoms with Gasteiger partial charge < -0.3 is 19.6 Å². The predicted molar refractivity (Wildman–Crippen MR) is 71.1 cm³/mol. The summed E-state index contributed by atoms with van der Waals surface area (Å²) in [6.07, 6.45) is 6.97. The molecule has 0 rings (SSSR count). The first-order valence-corrected chi connectivity index (χ1v) is 8.47. The van der Waals surface area contributed by atoms with Crippen LogP contribution in [0.5, 0.6) is 0 Å². The molecule has 0 radical (unpaired) electrons. The Morgan fingerprint density at radius 3 is 2.44 bits per heavy atom. The average molecular weight is 279 g/mol. The van der Waals surface area contributed by atoms with Gasteiger partial charge in [-0.25, -0.2) is 14.8 Å². The summed E-state index contributed by atoms with van der Waals surface area (Å²) < 4.78 is 9.79. The van der Waals surface area contributed by atoms with Gasteiger partial charge in [-0.15, -0.1) is 0 Å². The van der Waals surface area contributed by atoms with Crippen molar-refractivity contribution in [2.24, 2.45) is 0 Å². The van der Waals surface area contributed by atoms with E-state index in [4.69, 9.17) is 9.47 Å². The molecule has 0 fully saturated rings. The fourth-order valence-corrected chi connectivity index (χ4v) is 1.46. The zero-order valence-corrected chi connectivity index (χ0v) is 11.9. The summed E-state index contributed by atoms with van der Waals surface area (Å²) in [5, 5.41) is 2.29. The van der Waals surface area contributed by atoms with Gasteiger partial charge in [0.2, 0.25) is 5.91 Å². The van der Waals surface area contributed by atoms with Gasteiger partial charge in [-0.2, -0.15) is 0 Å². The number of hydrogen-bond donors (Lipinski definition) is 1. The number of amides is 1. The second-order valence-corrected chi connectivity index (χ2v) is 9.07. The van der Waals surface area contributed by atoms with Crippen LogP contribution in [0.2, 0.25) is 0 Å². The molecule has 18 heavy (non-hydrogen) atoms. The maximum atomic E-state index is 11.2. The van der Waals surface area contributed by atoms with Crippen LogP contribution in [0.25, 0.3) is 0 Å². The van der Waals surface area contributed by atoms with E-state index in [1.165, 1.54) is 0 Å². The first-order valence-electron chi connectivity index (χ1n) is 5.45. The van der Waals surface area contributed by atoms with Crippen LogP contribution in [0.4, 0.5) is 0 Å². The Bertz CT molecular complexity index is 288. The molecular formula is C11H21NO5S. The Morgan fingerprint density at radius 2 is 1.89 bits per heavy atom. The van der Waals surface area contributed by atoms with Crippen LogP contribution in [-0.2, 0) is 23.9 Å². The zero-order valence-electron chi connectivity index (χ0n) is 11.1. The normalized spacial score (nSPS) is 11.7. The van der Waals surface area contributed by atoms with Crippen LogP contribution in [-0.4, -0.2) is 69.0 Å². The van der Waals surface area contributed by atoms with Crippen molar-refractivity contribution in [2.45, 2.75) is 0 Å². The Hall–Kier alpha value is -1.08. The summed E-state index contributed by atoms with van der Waals surface area (Å²) in [4.78, 5) is 32.1. The minimum atomic E-state index is -0.679. The van der Waals surface area contributed by atoms with Gasteiger partial charge in [0.05, 0.1) is 13.2 Å². The smallest absolute Gasteiger partial charge is 0.332 e. The highest BCUT2D eigenvalue weighted by Gasteiger charge is 2.08. The molecule has 0 unspecified atom stereocenters. The highest BCUT2D eigenvalue weighted by molar-refractivity contribution is 8.32. The monoisotopic (exact) mass is 279 g/mol. The molecular weight excluding hydrogens is 258 g/mol. The third kappa shape index (κ3) is 11.4. The van der Waals surface area contributed by atoms with Crippen LogP contribution >= 0.6 is 10.0 Å². The third-order valence-electron chi connectivity index (χ3n) is 1.79. The van der Waals surface area contributed by atoms with E-state index in [0.29, 0.717) is 12.9 Å². The summed E-state index contributed by atoms with van der Waals surface area (Å²) >= 11 is 0. The number of hydrogen-bond acceptors (Lipinski definition) is 5. The maximum absolute atomic E-state index is 11.2. The van der Waals surface area contributed by atoms with E-state index in [9.17, 15) is 14.4 Å². The molecule has 6 nitrogen and oxygen atoms in total. The Morgan fingerprint density at radius 1 is 1.22 bits per heavy atom. The van der Waals surface area contributed by atoms with Gasteiger partial charge in [-0.1, -0.05) is 0 Å². The average Bonchev–Trinajstić information content (AvgIpc) is 2.24. The molecule has 0 aliphatic carbocycles. The van der Waals surface area contributed by atoms with Crippen LogP contribution < -0.4 is 5.32 Å². The molecule has 0 bridgehead atoms. The minimum Gasteiger partial charge on any atom is -0.463 e. The Kier molecular flexibility index (Phi) is 8.40. The van der Waals surface area contributed by atoms with Gasteiger partial charge in [-0.3, -0.25) is 4.79 Å². The Balaban J connectivity index is 3.53. The first-order chi connectivity index (χ1) is 8.35. The highest BCUT2D eigenvalue weighted by Crippen LogP contribution is 2.33. The van der Waals surface area contributed by atoms with Crippen molar-refractivity contribution in [3.63, 3.8) is 0 Å². The number of nitrogens with one attached hydrogen (secondary N) is 1. The van der Waals surface area contributed by atoms with Gasteiger partial charge in [0, 0.05) is 5.75 Å². The minimum absolute atomic E-state index is 0.0546. The van der Waals surface area contributed by atoms with E-state index < -0.39 is 21.9 Å². The van der Waals surface area contributed by atoms with Gasteiger partial charge in [0.15, 0.2) is 0 Å². The van der Waals surface area contributed by atoms with E-state index >= 15 is 0 Å². The van der Waals surface area contributed by atoms with Crippen molar-refractivity contribution in [3.05, 3.63) is 0 Å². The molecule has 106 valence electrons. The molecule has 0 heterocycles. The summed E-state index contributed by atoms with van der Waals surface area (Å²) in [6.45, 7) is -0.194. The molecule has 0 spiro atoms. The fourth-order valence-electron chi connectivity index (χ4n) is 0.881. The number of aldehydes is 1. The SMILES string of the molecule is CS(C)(C)CCOC(=O)COCC(=O)NCC=O. The number of esters is 1. The lowest BCUT2D eigenvalue weighted by atomic mass is 10.6. The van der Waals surface area contributed by atoms with E-state index in [-0.39, 0.29) is 19.8 Å². The first kappa shape index (κ1) is 16.9. The Labute approximate surface area is 109 Å². The highest BCUT2D eigenvalue weighted by atomic mass is 32.3. The molecule has 0 aliphatic heterocycles. The number of rotatable bonds is 9. The van der Waals surface area contributed by atoms with Gasteiger partial charge in [0.1, 0.15) is 19.5 Å². The van der Waals surface area contributed by atoms with Crippen molar-refractivity contribution in [2.75, 3.05) is 50.9 Å². The lowest BCUT2D eigenvalue weighted by Crippen LogP contribution is -2.30. The number of ether oxygens (including phenoxy) is 2. The van der Waals surface area contributed by atoms with Crippen molar-refractivity contribution >= 4 is 28.2 Å². The summed E-state index contributed by atoms with van der Waals surface area (Å²) in [6, 6.07) is 0. The lowest BCUT2D eigenvalue weighted by Gasteiger charge is -2.24. The van der Waals surface area contributed by atoms with Gasteiger partial charge in [0.25, 0.3) is 0 Å². The molecule has 0 saturated heterocycles. The second kappa shape index (κ2) is 8.93.